The molecule has 0 amide bonds. The molecule has 7 aromatic carbocycles. The summed E-state index contributed by atoms with van der Waals surface area (Å²) in [7, 11) is 0. The first-order chi connectivity index (χ1) is 25.8. The molecule has 0 bridgehead atoms. The van der Waals surface area contributed by atoms with E-state index in [1.165, 1.54) is 105 Å². The molecule has 8 rings (SSSR count). The van der Waals surface area contributed by atoms with Gasteiger partial charge >= 0.3 is 112 Å². The maximum atomic E-state index is 3.88. The Hall–Kier alpha value is -4.00. The van der Waals surface area contributed by atoms with Crippen molar-refractivity contribution in [2.24, 2.45) is 0 Å². The molecule has 0 aromatic heterocycles. The molecule has 0 spiro atoms. The molecule has 0 atom stereocenters. The van der Waals surface area contributed by atoms with Gasteiger partial charge in [-0.1, -0.05) is 131 Å². The second-order valence-corrected chi connectivity index (χ2v) is 17.7. The molecular formula is C53H52Cl2Zr-2. The van der Waals surface area contributed by atoms with Gasteiger partial charge in [0.1, 0.15) is 0 Å². The zero-order valence-electron chi connectivity index (χ0n) is 34.0. The van der Waals surface area contributed by atoms with Gasteiger partial charge in [0.05, 0.1) is 0 Å². The minimum absolute atomic E-state index is 0. The van der Waals surface area contributed by atoms with Gasteiger partial charge in [0.15, 0.2) is 0 Å². The Balaban J connectivity index is 0.000000252. The van der Waals surface area contributed by atoms with Crippen LogP contribution in [0.4, 0.5) is 0 Å². The van der Waals surface area contributed by atoms with E-state index in [-0.39, 0.29) is 35.6 Å². The summed E-state index contributed by atoms with van der Waals surface area (Å²) in [5, 5.41) is 0. The zero-order valence-corrected chi connectivity index (χ0v) is 37.9. The van der Waals surface area contributed by atoms with Crippen molar-refractivity contribution in [1.29, 1.82) is 0 Å². The number of hydrogen-bond donors (Lipinski definition) is 0. The summed E-state index contributed by atoms with van der Waals surface area (Å²) in [4.78, 5) is 0. The molecule has 56 heavy (non-hydrogen) atoms. The number of fused-ring (bicyclic) bond motifs is 3. The van der Waals surface area contributed by atoms with Crippen LogP contribution in [0.2, 0.25) is 0 Å². The summed E-state index contributed by atoms with van der Waals surface area (Å²) in [5.41, 5.74) is 18.8. The SMILES string of the molecule is CC(C)(C)c1cc2c([c-]c1-c1ccccc1)Cc1cc(-c3ccccc3)c(C(C)(C)C)cc1-2.Cc1ccc([C](=[Zr+2])c2ccc(C)cc2)cc1.[Cl-].[Cl-].c1cc[cH-]c1. The molecule has 0 N–H and O–H groups in total. The van der Waals surface area contributed by atoms with Gasteiger partial charge in [-0.05, 0) is 39.5 Å². The van der Waals surface area contributed by atoms with Crippen molar-refractivity contribution >= 4 is 3.21 Å². The molecule has 0 radical (unpaired) electrons. The molecule has 1 aliphatic carbocycles. The van der Waals surface area contributed by atoms with Crippen molar-refractivity contribution in [3.05, 3.63) is 208 Å². The van der Waals surface area contributed by atoms with Crippen LogP contribution in [0.15, 0.2) is 158 Å². The van der Waals surface area contributed by atoms with Gasteiger partial charge in [-0.25, -0.2) is 12.1 Å². The topological polar surface area (TPSA) is 0 Å². The molecular weight excluding hydrogens is 799 g/mol. The third kappa shape index (κ3) is 10.9. The first-order valence-electron chi connectivity index (χ1n) is 19.1. The number of aryl methyl sites for hydroxylation is 2. The Kier molecular flexibility index (Phi) is 15.5. The Labute approximate surface area is 364 Å². The molecule has 284 valence electrons. The Bertz CT molecular complexity index is 2130. The monoisotopic (exact) mass is 848 g/mol. The maximum Gasteiger partial charge on any atom is -0.172 e. The van der Waals surface area contributed by atoms with Gasteiger partial charge in [0.2, 0.25) is 0 Å². The molecule has 7 aromatic rings. The Morgan fingerprint density at radius 2 is 1.00 bits per heavy atom. The fourth-order valence-electron chi connectivity index (χ4n) is 7.03. The molecule has 0 heterocycles. The number of halogens is 2. The van der Waals surface area contributed by atoms with E-state index in [9.17, 15) is 0 Å². The van der Waals surface area contributed by atoms with E-state index in [2.05, 4.69) is 189 Å². The normalized spacial score (nSPS) is 11.3. The number of hydrogen-bond acceptors (Lipinski definition) is 0. The third-order valence-corrected chi connectivity index (χ3v) is 11.5. The Morgan fingerprint density at radius 1 is 0.536 bits per heavy atom. The Morgan fingerprint density at radius 3 is 1.45 bits per heavy atom. The molecule has 0 fully saturated rings. The van der Waals surface area contributed by atoms with Crippen LogP contribution in [0.1, 0.15) is 86.1 Å². The number of rotatable bonds is 4. The summed E-state index contributed by atoms with van der Waals surface area (Å²) in [5.74, 6) is 0. The molecule has 0 saturated carbocycles. The van der Waals surface area contributed by atoms with Crippen molar-refractivity contribution in [3.8, 4) is 33.4 Å². The van der Waals surface area contributed by atoms with E-state index >= 15 is 0 Å². The standard InChI is InChI=1S/C33H33.C15H14.C5H5.2ClH.Zr/c1-32(2,3)30-20-26-24(18-28(30)22-13-9-7-10-14-22)17-25-19-29(23-15-11-8-12-16-23)31(21-27(25)26)33(4,5)6;1-12-3-7-14(8-4-12)11-15-9-5-13(2)6-10-15;1-2-4-5-3-1;;;/h7-16,18,20-21H,17H2,1-6H3;3-10H,1-2H3;1-5H;2*1H;/q-1;;-1;;;+2/p-2. The predicted molar refractivity (Wildman–Crippen MR) is 229 cm³/mol. The van der Waals surface area contributed by atoms with Crippen molar-refractivity contribution < 1.29 is 49.0 Å². The van der Waals surface area contributed by atoms with Crippen LogP contribution in [0.25, 0.3) is 33.4 Å². The van der Waals surface area contributed by atoms with E-state index in [1.54, 1.807) is 0 Å². The summed E-state index contributed by atoms with van der Waals surface area (Å²) in [6.45, 7) is 18.1. The maximum absolute atomic E-state index is 3.88. The van der Waals surface area contributed by atoms with Gasteiger partial charge in [-0.2, -0.15) is 18.2 Å². The van der Waals surface area contributed by atoms with Gasteiger partial charge in [-0.3, -0.25) is 0 Å². The second kappa shape index (κ2) is 19.4. The van der Waals surface area contributed by atoms with Crippen molar-refractivity contribution in [2.75, 3.05) is 0 Å². The quantitative estimate of drug-likeness (QED) is 0.159. The minimum Gasteiger partial charge on any atom is -1.00 e. The summed E-state index contributed by atoms with van der Waals surface area (Å²) < 4.78 is 1.42. The van der Waals surface area contributed by atoms with Crippen LogP contribution in [0.5, 0.6) is 0 Å². The first-order valence-corrected chi connectivity index (χ1v) is 20.3. The van der Waals surface area contributed by atoms with Crippen LogP contribution in [-0.2, 0) is 41.5 Å². The summed E-state index contributed by atoms with van der Waals surface area (Å²) >= 11 is 1.46. The van der Waals surface area contributed by atoms with Gasteiger partial charge in [0, 0.05) is 0 Å². The van der Waals surface area contributed by atoms with Crippen LogP contribution in [0.3, 0.4) is 0 Å². The largest absolute Gasteiger partial charge is 1.00 e. The average Bonchev–Trinajstić information content (AvgIpc) is 3.86. The molecule has 1 aliphatic rings. The smallest absolute Gasteiger partial charge is 0.172 e. The van der Waals surface area contributed by atoms with E-state index in [4.69, 9.17) is 0 Å². The molecule has 3 heteroatoms. The van der Waals surface area contributed by atoms with Crippen molar-refractivity contribution in [3.63, 3.8) is 0 Å². The molecule has 0 saturated heterocycles. The molecule has 0 unspecified atom stereocenters. The fourth-order valence-corrected chi connectivity index (χ4v) is 7.85. The third-order valence-electron chi connectivity index (χ3n) is 10.1. The first kappa shape index (κ1) is 44.7. The number of benzene rings is 6. The second-order valence-electron chi connectivity index (χ2n) is 16.5. The van der Waals surface area contributed by atoms with Gasteiger partial charge in [-0.15, -0.1) is 28.8 Å². The van der Waals surface area contributed by atoms with Crippen LogP contribution < -0.4 is 24.8 Å². The van der Waals surface area contributed by atoms with Gasteiger partial charge in [0.25, 0.3) is 0 Å². The summed E-state index contributed by atoms with van der Waals surface area (Å²) in [6.07, 6.45) is 0.944. The van der Waals surface area contributed by atoms with Crippen LogP contribution >= 0.6 is 0 Å². The van der Waals surface area contributed by atoms with Crippen molar-refractivity contribution in [2.45, 2.75) is 72.6 Å². The van der Waals surface area contributed by atoms with Crippen LogP contribution in [0, 0.1) is 19.9 Å². The van der Waals surface area contributed by atoms with Crippen LogP contribution in [-0.4, -0.2) is 3.21 Å². The zero-order chi connectivity index (χ0) is 38.5. The summed E-state index contributed by atoms with van der Waals surface area (Å²) in [6, 6.07) is 60.4. The van der Waals surface area contributed by atoms with Crippen molar-refractivity contribution in [1.82, 2.24) is 0 Å². The fraction of sp³-hybridized carbons (Fsp3) is 0.208. The van der Waals surface area contributed by atoms with E-state index < -0.39 is 0 Å². The molecule has 0 nitrogen and oxygen atoms in total. The van der Waals surface area contributed by atoms with E-state index in [1.807, 2.05) is 30.3 Å². The van der Waals surface area contributed by atoms with Gasteiger partial charge < -0.3 is 24.8 Å². The molecule has 0 aliphatic heterocycles. The van der Waals surface area contributed by atoms with E-state index in [0.29, 0.717) is 0 Å². The van der Waals surface area contributed by atoms with E-state index in [0.717, 1.165) is 6.42 Å². The predicted octanol–water partition coefficient (Wildman–Crippen LogP) is 7.82. The minimum atomic E-state index is 0. The average molecular weight is 851 g/mol.